The maximum absolute atomic E-state index is 5.98. The van der Waals surface area contributed by atoms with E-state index < -0.39 is 0 Å². The second-order valence-electron chi connectivity index (χ2n) is 7.09. The second-order valence-corrected chi connectivity index (χ2v) is 7.09. The van der Waals surface area contributed by atoms with Crippen LogP contribution < -0.4 is 0 Å². The number of hydrogen-bond donors (Lipinski definition) is 0. The number of likely N-dealkylation sites (N-methyl/N-ethyl adjacent to an activating group) is 1. The van der Waals surface area contributed by atoms with Crippen molar-refractivity contribution in [2.45, 2.75) is 25.5 Å². The van der Waals surface area contributed by atoms with E-state index >= 15 is 0 Å². The minimum absolute atomic E-state index is 0.328. The smallest absolute Gasteiger partial charge is 0.0829 e. The van der Waals surface area contributed by atoms with Gasteiger partial charge in [-0.25, -0.2) is 4.52 Å². The molecule has 1 aliphatic heterocycles. The molecular weight excluding hydrogens is 288 g/mol. The fourth-order valence-corrected chi connectivity index (χ4v) is 3.48. The molecule has 0 N–H and O–H groups in total. The van der Waals surface area contributed by atoms with Gasteiger partial charge in [0.05, 0.1) is 24.4 Å². The van der Waals surface area contributed by atoms with Crippen molar-refractivity contribution in [3.8, 4) is 0 Å². The molecule has 0 aromatic carbocycles. The topological polar surface area (TPSA) is 33.0 Å². The van der Waals surface area contributed by atoms with Crippen molar-refractivity contribution in [2.75, 3.05) is 39.8 Å². The number of rotatable bonds is 6. The molecule has 0 spiro atoms. The SMILES string of the molecule is CN1CCO[C@H](CN(Cc2cnn3ccccc23)CC2CC2)C1. The molecule has 1 atom stereocenters. The number of aromatic nitrogens is 2. The van der Waals surface area contributed by atoms with Gasteiger partial charge in [0.15, 0.2) is 0 Å². The molecule has 23 heavy (non-hydrogen) atoms. The molecule has 0 amide bonds. The molecule has 3 heterocycles. The van der Waals surface area contributed by atoms with Crippen LogP contribution >= 0.6 is 0 Å². The van der Waals surface area contributed by atoms with Gasteiger partial charge in [0, 0.05) is 44.5 Å². The number of pyridine rings is 1. The van der Waals surface area contributed by atoms with Crippen LogP contribution in [0.25, 0.3) is 5.52 Å². The van der Waals surface area contributed by atoms with E-state index in [9.17, 15) is 0 Å². The maximum atomic E-state index is 5.98. The summed E-state index contributed by atoms with van der Waals surface area (Å²) in [5, 5.41) is 4.48. The highest BCUT2D eigenvalue weighted by molar-refractivity contribution is 5.53. The Morgan fingerprint density at radius 2 is 2.22 bits per heavy atom. The van der Waals surface area contributed by atoms with E-state index in [1.165, 1.54) is 30.5 Å². The minimum atomic E-state index is 0.328. The molecular formula is C18H26N4O. The van der Waals surface area contributed by atoms with Crippen molar-refractivity contribution < 1.29 is 4.74 Å². The zero-order valence-corrected chi connectivity index (χ0v) is 13.9. The predicted molar refractivity (Wildman–Crippen MR) is 90.4 cm³/mol. The summed E-state index contributed by atoms with van der Waals surface area (Å²) in [6.07, 6.45) is 7.13. The Labute approximate surface area is 137 Å². The average molecular weight is 314 g/mol. The molecule has 0 radical (unpaired) electrons. The van der Waals surface area contributed by atoms with Crippen LogP contribution in [-0.2, 0) is 11.3 Å². The van der Waals surface area contributed by atoms with Gasteiger partial charge in [0.25, 0.3) is 0 Å². The van der Waals surface area contributed by atoms with Crippen LogP contribution in [-0.4, -0.2) is 65.4 Å². The minimum Gasteiger partial charge on any atom is -0.374 e. The van der Waals surface area contributed by atoms with Crippen LogP contribution in [0.4, 0.5) is 0 Å². The van der Waals surface area contributed by atoms with E-state index in [0.717, 1.165) is 38.7 Å². The Morgan fingerprint density at radius 3 is 3.04 bits per heavy atom. The number of nitrogens with zero attached hydrogens (tertiary/aromatic N) is 4. The predicted octanol–water partition coefficient (Wildman–Crippen LogP) is 1.88. The molecule has 2 fully saturated rings. The van der Waals surface area contributed by atoms with Crippen molar-refractivity contribution in [3.63, 3.8) is 0 Å². The Hall–Kier alpha value is -1.43. The largest absolute Gasteiger partial charge is 0.374 e. The molecule has 2 aliphatic rings. The van der Waals surface area contributed by atoms with E-state index in [1.807, 2.05) is 23.0 Å². The molecule has 0 unspecified atom stereocenters. The summed E-state index contributed by atoms with van der Waals surface area (Å²) in [6.45, 7) is 6.12. The first-order valence-electron chi connectivity index (χ1n) is 8.71. The molecule has 5 nitrogen and oxygen atoms in total. The third-order valence-corrected chi connectivity index (χ3v) is 4.92. The van der Waals surface area contributed by atoms with Crippen LogP contribution in [0.5, 0.6) is 0 Å². The molecule has 1 aliphatic carbocycles. The first-order valence-corrected chi connectivity index (χ1v) is 8.71. The Kier molecular flexibility index (Phi) is 4.33. The van der Waals surface area contributed by atoms with Crippen LogP contribution in [0.15, 0.2) is 30.6 Å². The molecule has 4 rings (SSSR count). The highest BCUT2D eigenvalue weighted by Gasteiger charge is 2.27. The maximum Gasteiger partial charge on any atom is 0.0829 e. The fraction of sp³-hybridized carbons (Fsp3) is 0.611. The van der Waals surface area contributed by atoms with Crippen LogP contribution in [0, 0.1) is 5.92 Å². The Balaban J connectivity index is 1.46. The lowest BCUT2D eigenvalue weighted by molar-refractivity contribution is -0.0372. The zero-order valence-electron chi connectivity index (χ0n) is 13.9. The van der Waals surface area contributed by atoms with E-state index in [0.29, 0.717) is 6.10 Å². The van der Waals surface area contributed by atoms with Gasteiger partial charge in [-0.05, 0) is 37.9 Å². The first-order chi connectivity index (χ1) is 11.3. The van der Waals surface area contributed by atoms with Gasteiger partial charge in [-0.3, -0.25) is 4.90 Å². The number of hydrogen-bond acceptors (Lipinski definition) is 4. The lowest BCUT2D eigenvalue weighted by Crippen LogP contribution is -2.46. The lowest BCUT2D eigenvalue weighted by atomic mass is 10.2. The van der Waals surface area contributed by atoms with Crippen LogP contribution in [0.1, 0.15) is 18.4 Å². The van der Waals surface area contributed by atoms with Gasteiger partial charge < -0.3 is 9.64 Å². The molecule has 2 aromatic rings. The van der Waals surface area contributed by atoms with Gasteiger partial charge >= 0.3 is 0 Å². The molecule has 1 saturated heterocycles. The van der Waals surface area contributed by atoms with Crippen molar-refractivity contribution in [1.82, 2.24) is 19.4 Å². The summed E-state index contributed by atoms with van der Waals surface area (Å²) in [5.74, 6) is 0.887. The van der Waals surface area contributed by atoms with Crippen LogP contribution in [0.2, 0.25) is 0 Å². The van der Waals surface area contributed by atoms with E-state index in [-0.39, 0.29) is 0 Å². The van der Waals surface area contributed by atoms with E-state index in [1.54, 1.807) is 0 Å². The average Bonchev–Trinajstić information content (AvgIpc) is 3.27. The molecule has 124 valence electrons. The molecule has 1 saturated carbocycles. The first kappa shape index (κ1) is 15.1. The zero-order chi connectivity index (χ0) is 15.6. The third kappa shape index (κ3) is 3.74. The van der Waals surface area contributed by atoms with Gasteiger partial charge in [-0.15, -0.1) is 0 Å². The fourth-order valence-electron chi connectivity index (χ4n) is 3.48. The van der Waals surface area contributed by atoms with Gasteiger partial charge in [0.1, 0.15) is 0 Å². The van der Waals surface area contributed by atoms with Gasteiger partial charge in [0.2, 0.25) is 0 Å². The Morgan fingerprint density at radius 1 is 1.30 bits per heavy atom. The van der Waals surface area contributed by atoms with Gasteiger partial charge in [-0.2, -0.15) is 5.10 Å². The van der Waals surface area contributed by atoms with Crippen molar-refractivity contribution >= 4 is 5.52 Å². The summed E-state index contributed by atoms with van der Waals surface area (Å²) in [5.41, 5.74) is 2.53. The molecule has 0 bridgehead atoms. The Bertz CT molecular complexity index is 651. The number of morpholine rings is 1. The highest BCUT2D eigenvalue weighted by atomic mass is 16.5. The summed E-state index contributed by atoms with van der Waals surface area (Å²) >= 11 is 0. The summed E-state index contributed by atoms with van der Waals surface area (Å²) in [7, 11) is 2.19. The standard InChI is InChI=1S/C18H26N4O/c1-20-8-9-23-17(13-20)14-21(11-15-5-6-15)12-16-10-19-22-7-3-2-4-18(16)22/h2-4,7,10,15,17H,5-6,8-9,11-14H2,1H3/t17-/m0/s1. The van der Waals surface area contributed by atoms with E-state index in [4.69, 9.17) is 4.74 Å². The van der Waals surface area contributed by atoms with E-state index in [2.05, 4.69) is 34.1 Å². The molecule has 5 heteroatoms. The van der Waals surface area contributed by atoms with Gasteiger partial charge in [-0.1, -0.05) is 6.07 Å². The number of ether oxygens (including phenoxy) is 1. The second kappa shape index (κ2) is 6.59. The molecule has 2 aromatic heterocycles. The summed E-state index contributed by atoms with van der Waals surface area (Å²) < 4.78 is 7.95. The van der Waals surface area contributed by atoms with Crippen LogP contribution in [0.3, 0.4) is 0 Å². The summed E-state index contributed by atoms with van der Waals surface area (Å²) in [6, 6.07) is 6.27. The van der Waals surface area contributed by atoms with Crippen molar-refractivity contribution in [2.24, 2.45) is 5.92 Å². The van der Waals surface area contributed by atoms with Crippen molar-refractivity contribution in [1.29, 1.82) is 0 Å². The lowest BCUT2D eigenvalue weighted by Gasteiger charge is -2.34. The van der Waals surface area contributed by atoms with Crippen molar-refractivity contribution in [3.05, 3.63) is 36.2 Å². The highest BCUT2D eigenvalue weighted by Crippen LogP contribution is 2.30. The summed E-state index contributed by atoms with van der Waals surface area (Å²) in [4.78, 5) is 4.95. The normalized spacial score (nSPS) is 23.0. The monoisotopic (exact) mass is 314 g/mol. The number of fused-ring (bicyclic) bond motifs is 1. The quantitative estimate of drug-likeness (QED) is 0.815. The third-order valence-electron chi connectivity index (χ3n) is 4.92.